The van der Waals surface area contributed by atoms with Crippen molar-refractivity contribution in [3.63, 3.8) is 0 Å². The van der Waals surface area contributed by atoms with Crippen molar-refractivity contribution >= 4 is 39.0 Å². The van der Waals surface area contributed by atoms with Crippen molar-refractivity contribution < 1.29 is 27.7 Å². The smallest absolute Gasteiger partial charge is 0.338 e. The summed E-state index contributed by atoms with van der Waals surface area (Å²) in [7, 11) is -4.08. The first-order valence-electron chi connectivity index (χ1n) is 9.24. The van der Waals surface area contributed by atoms with Crippen LogP contribution in [0.3, 0.4) is 0 Å². The van der Waals surface area contributed by atoms with Gasteiger partial charge in [-0.1, -0.05) is 6.92 Å². The number of nitrogens with two attached hydrogens (primary N) is 1. The molecule has 166 valence electrons. The van der Waals surface area contributed by atoms with E-state index in [1.54, 1.807) is 12.1 Å². The molecule has 2 rings (SSSR count). The van der Waals surface area contributed by atoms with Crippen molar-refractivity contribution in [2.24, 2.45) is 5.14 Å². The predicted octanol–water partition coefficient (Wildman–Crippen LogP) is 2.25. The first-order chi connectivity index (χ1) is 14.6. The molecular weight excluding hydrogens is 428 g/mol. The van der Waals surface area contributed by atoms with Gasteiger partial charge in [-0.2, -0.15) is 0 Å². The van der Waals surface area contributed by atoms with E-state index >= 15 is 0 Å². The Balaban J connectivity index is 1.92. The maximum absolute atomic E-state index is 12.1. The summed E-state index contributed by atoms with van der Waals surface area (Å²) in [5.74, 6) is -0.809. The van der Waals surface area contributed by atoms with Crippen molar-refractivity contribution in [1.29, 1.82) is 0 Å². The van der Waals surface area contributed by atoms with E-state index in [9.17, 15) is 28.1 Å². The zero-order valence-electron chi connectivity index (χ0n) is 16.7. The number of ether oxygens (including phenoxy) is 1. The lowest BCUT2D eigenvalue weighted by molar-refractivity contribution is -0.384. The highest BCUT2D eigenvalue weighted by atomic mass is 32.2. The van der Waals surface area contributed by atoms with E-state index in [0.717, 1.165) is 12.1 Å². The molecule has 0 heterocycles. The van der Waals surface area contributed by atoms with Crippen LogP contribution in [0, 0.1) is 10.1 Å². The third-order valence-corrected chi connectivity index (χ3v) is 4.91. The van der Waals surface area contributed by atoms with E-state index in [1.165, 1.54) is 18.2 Å². The molecule has 2 aromatic carbocycles. The van der Waals surface area contributed by atoms with E-state index in [-0.39, 0.29) is 29.5 Å². The van der Waals surface area contributed by atoms with E-state index in [2.05, 4.69) is 10.6 Å². The number of rotatable bonds is 10. The highest BCUT2D eigenvalue weighted by Crippen LogP contribution is 2.27. The summed E-state index contributed by atoms with van der Waals surface area (Å²) in [6.45, 7) is 2.27. The first-order valence-corrected chi connectivity index (χ1v) is 10.8. The average molecular weight is 450 g/mol. The Hall–Kier alpha value is -3.51. The average Bonchev–Trinajstić information content (AvgIpc) is 2.71. The minimum absolute atomic E-state index is 0.0195. The molecule has 0 unspecified atom stereocenters. The number of benzene rings is 2. The summed E-state index contributed by atoms with van der Waals surface area (Å²) in [6, 6.07) is 9.38. The van der Waals surface area contributed by atoms with Gasteiger partial charge in [0.05, 0.1) is 22.0 Å². The Kier molecular flexibility index (Phi) is 8.05. The van der Waals surface area contributed by atoms with Gasteiger partial charge in [-0.05, 0) is 42.8 Å². The van der Waals surface area contributed by atoms with Gasteiger partial charge in [0, 0.05) is 24.7 Å². The fourth-order valence-corrected chi connectivity index (χ4v) is 3.02. The quantitative estimate of drug-likeness (QED) is 0.281. The molecule has 0 spiro atoms. The minimum atomic E-state index is -4.08. The van der Waals surface area contributed by atoms with Gasteiger partial charge in [-0.15, -0.1) is 0 Å². The van der Waals surface area contributed by atoms with Crippen LogP contribution in [0.1, 0.15) is 30.1 Å². The van der Waals surface area contributed by atoms with Gasteiger partial charge in [0.1, 0.15) is 5.69 Å². The summed E-state index contributed by atoms with van der Waals surface area (Å²) in [6.07, 6.45) is 0.696. The lowest BCUT2D eigenvalue weighted by Gasteiger charge is -2.09. The molecule has 11 nitrogen and oxygen atoms in total. The lowest BCUT2D eigenvalue weighted by atomic mass is 10.2. The molecule has 2 aromatic rings. The van der Waals surface area contributed by atoms with Crippen LogP contribution in [0.25, 0.3) is 0 Å². The second-order valence-electron chi connectivity index (χ2n) is 6.42. The monoisotopic (exact) mass is 450 g/mol. The van der Waals surface area contributed by atoms with Gasteiger partial charge in [0.15, 0.2) is 0 Å². The minimum Gasteiger partial charge on any atom is -0.462 e. The number of amides is 1. The molecular formula is C19H22N4O7S. The van der Waals surface area contributed by atoms with Crippen molar-refractivity contribution in [2.45, 2.75) is 24.7 Å². The van der Waals surface area contributed by atoms with Crippen LogP contribution in [0.2, 0.25) is 0 Å². The predicted molar refractivity (Wildman–Crippen MR) is 113 cm³/mol. The number of sulfonamides is 1. The van der Waals surface area contributed by atoms with Crippen molar-refractivity contribution in [2.75, 3.05) is 23.8 Å². The van der Waals surface area contributed by atoms with Crippen LogP contribution < -0.4 is 15.8 Å². The number of nitro benzene ring substituents is 1. The number of hydrogen-bond donors (Lipinski definition) is 3. The zero-order valence-corrected chi connectivity index (χ0v) is 17.5. The summed E-state index contributed by atoms with van der Waals surface area (Å²) in [5.41, 5.74) is 0.418. The first kappa shape index (κ1) is 23.8. The molecule has 0 aliphatic heterocycles. The Morgan fingerprint density at radius 1 is 1.16 bits per heavy atom. The molecule has 0 atom stereocenters. The van der Waals surface area contributed by atoms with E-state index < -0.39 is 26.6 Å². The Bertz CT molecular complexity index is 1070. The molecule has 12 heteroatoms. The number of esters is 1. The lowest BCUT2D eigenvalue weighted by Crippen LogP contribution is -2.17. The van der Waals surface area contributed by atoms with Crippen LogP contribution in [0.5, 0.6) is 0 Å². The summed E-state index contributed by atoms with van der Waals surface area (Å²) in [4.78, 5) is 33.9. The fraction of sp³-hybridized carbons (Fsp3) is 0.263. The summed E-state index contributed by atoms with van der Waals surface area (Å²) < 4.78 is 27.7. The number of nitrogens with zero attached hydrogens (tertiary/aromatic N) is 1. The molecule has 31 heavy (non-hydrogen) atoms. The Morgan fingerprint density at radius 2 is 1.84 bits per heavy atom. The highest BCUT2D eigenvalue weighted by Gasteiger charge is 2.19. The molecule has 0 radical (unpaired) electrons. The van der Waals surface area contributed by atoms with Crippen LogP contribution in [-0.2, 0) is 19.6 Å². The maximum atomic E-state index is 12.1. The molecule has 0 aliphatic rings. The second kappa shape index (κ2) is 10.5. The van der Waals surface area contributed by atoms with Crippen molar-refractivity contribution in [3.05, 3.63) is 58.1 Å². The highest BCUT2D eigenvalue weighted by molar-refractivity contribution is 7.89. The van der Waals surface area contributed by atoms with Gasteiger partial charge < -0.3 is 15.4 Å². The number of carbonyl (C=O) groups excluding carboxylic acids is 2. The van der Waals surface area contributed by atoms with Gasteiger partial charge in [-0.3, -0.25) is 14.9 Å². The molecule has 0 saturated carbocycles. The van der Waals surface area contributed by atoms with Crippen molar-refractivity contribution in [3.8, 4) is 0 Å². The SMILES string of the molecule is CCCOC(=O)c1ccc(NC(=O)CCNc2ccc(S(N)(=O)=O)cc2[N+](=O)[O-])cc1. The van der Waals surface area contributed by atoms with Crippen molar-refractivity contribution in [1.82, 2.24) is 0 Å². The van der Waals surface area contributed by atoms with Gasteiger partial charge in [0.2, 0.25) is 15.9 Å². The topological polar surface area (TPSA) is 171 Å². The van der Waals surface area contributed by atoms with Gasteiger partial charge >= 0.3 is 5.97 Å². The van der Waals surface area contributed by atoms with Crippen LogP contribution in [-0.4, -0.2) is 38.4 Å². The van der Waals surface area contributed by atoms with E-state index in [1.807, 2.05) is 6.92 Å². The van der Waals surface area contributed by atoms with Gasteiger partial charge in [-0.25, -0.2) is 18.4 Å². The van der Waals surface area contributed by atoms with Crippen LogP contribution in [0.4, 0.5) is 17.1 Å². The number of nitrogens with one attached hydrogen (secondary N) is 2. The summed E-state index contributed by atoms with van der Waals surface area (Å²) in [5, 5.41) is 21.6. The summed E-state index contributed by atoms with van der Waals surface area (Å²) >= 11 is 0. The number of nitro groups is 1. The zero-order chi connectivity index (χ0) is 23.0. The molecule has 0 saturated heterocycles. The van der Waals surface area contributed by atoms with E-state index in [4.69, 9.17) is 9.88 Å². The maximum Gasteiger partial charge on any atom is 0.338 e. The number of hydrogen-bond acceptors (Lipinski definition) is 8. The molecule has 0 fully saturated rings. The number of anilines is 2. The number of primary sulfonamides is 1. The third kappa shape index (κ3) is 7.04. The number of carbonyl (C=O) groups is 2. The standard InChI is InChI=1S/C19H22N4O7S/c1-2-11-30-19(25)13-3-5-14(6-4-13)22-18(24)9-10-21-16-8-7-15(31(20,28)29)12-17(16)23(26)27/h3-8,12,21H,2,9-11H2,1H3,(H,22,24)(H2,20,28,29). The van der Waals surface area contributed by atoms with Gasteiger partial charge in [0.25, 0.3) is 5.69 Å². The largest absolute Gasteiger partial charge is 0.462 e. The van der Waals surface area contributed by atoms with Crippen LogP contribution in [0.15, 0.2) is 47.4 Å². The molecule has 0 bridgehead atoms. The fourth-order valence-electron chi connectivity index (χ4n) is 2.49. The Morgan fingerprint density at radius 3 is 2.42 bits per heavy atom. The Labute approximate surface area is 178 Å². The van der Waals surface area contributed by atoms with E-state index in [0.29, 0.717) is 24.3 Å². The molecule has 0 aliphatic carbocycles. The normalized spacial score (nSPS) is 10.9. The second-order valence-corrected chi connectivity index (χ2v) is 7.98. The third-order valence-electron chi connectivity index (χ3n) is 4.00. The molecule has 1 amide bonds. The van der Waals surface area contributed by atoms with Crippen LogP contribution >= 0.6 is 0 Å². The molecule has 4 N–H and O–H groups in total. The molecule has 0 aromatic heterocycles.